The average molecular weight is 700 g/mol. The van der Waals surface area contributed by atoms with Crippen LogP contribution in [0.2, 0.25) is 0 Å². The molecule has 2 aromatic heterocycles. The Morgan fingerprint density at radius 3 is 1.38 bits per heavy atom. The maximum Gasteiger partial charge on any atom is 0.161 e. The van der Waals surface area contributed by atoms with E-state index in [1.54, 1.807) is 6.20 Å². The standard InChI is InChI=1S/C52H33N3/c1-2-13-34(14-3-1)35-24-26-36(27-25-35)49-32-50(55-51(54-49)38-15-12-30-53-33-38)37-28-29-48-44(31-37)40-17-5-4-16-39(40)41-18-6-9-21-45(41)52(48)46-22-10-7-19-42(46)43-20-8-11-23-47(43)52/h1-33H. The smallest absolute Gasteiger partial charge is 0.161 e. The number of hydrogen-bond donors (Lipinski definition) is 0. The van der Waals surface area contributed by atoms with E-state index >= 15 is 0 Å². The van der Waals surface area contributed by atoms with Gasteiger partial charge in [-0.05, 0) is 91.0 Å². The third kappa shape index (κ3) is 4.80. The van der Waals surface area contributed by atoms with E-state index in [0.29, 0.717) is 5.82 Å². The highest BCUT2D eigenvalue weighted by atomic mass is 14.9. The molecule has 0 radical (unpaired) electrons. The number of hydrogen-bond acceptors (Lipinski definition) is 3. The monoisotopic (exact) mass is 699 g/mol. The van der Waals surface area contributed by atoms with Crippen LogP contribution in [0.25, 0.3) is 78.4 Å². The fourth-order valence-electron chi connectivity index (χ4n) is 9.04. The molecule has 3 nitrogen and oxygen atoms in total. The van der Waals surface area contributed by atoms with E-state index in [2.05, 4.69) is 175 Å². The molecule has 3 heteroatoms. The summed E-state index contributed by atoms with van der Waals surface area (Å²) < 4.78 is 0. The van der Waals surface area contributed by atoms with Crippen molar-refractivity contribution >= 4 is 0 Å². The Balaban J connectivity index is 1.16. The first-order chi connectivity index (χ1) is 27.3. The van der Waals surface area contributed by atoms with Crippen molar-refractivity contribution < 1.29 is 0 Å². The second kappa shape index (κ2) is 12.4. The molecule has 1 spiro atoms. The van der Waals surface area contributed by atoms with E-state index in [0.717, 1.165) is 28.1 Å². The van der Waals surface area contributed by atoms with Crippen LogP contribution in [0.15, 0.2) is 200 Å². The molecule has 2 aliphatic rings. The van der Waals surface area contributed by atoms with Crippen LogP contribution < -0.4 is 0 Å². The van der Waals surface area contributed by atoms with Crippen molar-refractivity contribution in [1.29, 1.82) is 0 Å². The Labute approximate surface area is 320 Å². The topological polar surface area (TPSA) is 38.7 Å². The van der Waals surface area contributed by atoms with Gasteiger partial charge in [-0.1, -0.05) is 164 Å². The second-order valence-electron chi connectivity index (χ2n) is 14.3. The Morgan fingerprint density at radius 2 is 0.764 bits per heavy atom. The minimum Gasteiger partial charge on any atom is -0.264 e. The number of benzene rings is 7. The second-order valence-corrected chi connectivity index (χ2v) is 14.3. The molecule has 0 fully saturated rings. The van der Waals surface area contributed by atoms with Crippen molar-refractivity contribution in [2.75, 3.05) is 0 Å². The van der Waals surface area contributed by atoms with E-state index < -0.39 is 5.41 Å². The number of rotatable bonds is 4. The lowest BCUT2D eigenvalue weighted by Gasteiger charge is -2.35. The number of fused-ring (bicyclic) bond motifs is 12. The molecule has 0 bridgehead atoms. The molecular formula is C52H33N3. The predicted octanol–water partition coefficient (Wildman–Crippen LogP) is 12.6. The molecule has 0 saturated carbocycles. The molecule has 0 amide bonds. The van der Waals surface area contributed by atoms with E-state index in [-0.39, 0.29) is 0 Å². The number of aromatic nitrogens is 3. The molecular weight excluding hydrogens is 667 g/mol. The predicted molar refractivity (Wildman–Crippen MR) is 223 cm³/mol. The minimum absolute atomic E-state index is 0.519. The first-order valence-corrected chi connectivity index (χ1v) is 18.8. The summed E-state index contributed by atoms with van der Waals surface area (Å²) in [7, 11) is 0. The van der Waals surface area contributed by atoms with Crippen molar-refractivity contribution in [2.24, 2.45) is 0 Å². The van der Waals surface area contributed by atoms with Gasteiger partial charge in [0, 0.05) is 29.1 Å². The minimum atomic E-state index is -0.519. The Morgan fingerprint density at radius 1 is 0.309 bits per heavy atom. The average Bonchev–Trinajstić information content (AvgIpc) is 3.52. The molecule has 0 aliphatic heterocycles. The SMILES string of the molecule is c1ccc(-c2ccc(-c3cc(-c4ccc5c(c4)-c4ccccc4-c4ccccc4C54c5ccccc5-c5ccccc54)nc(-c4cccnc4)n3)cc2)cc1. The molecule has 2 aliphatic carbocycles. The molecule has 7 aromatic carbocycles. The molecule has 0 atom stereocenters. The molecule has 9 aromatic rings. The number of pyridine rings is 1. The van der Waals surface area contributed by atoms with Gasteiger partial charge >= 0.3 is 0 Å². The summed E-state index contributed by atoms with van der Waals surface area (Å²) in [5, 5.41) is 0. The highest BCUT2D eigenvalue weighted by Crippen LogP contribution is 2.61. The molecule has 0 saturated heterocycles. The van der Waals surface area contributed by atoms with E-state index in [4.69, 9.17) is 9.97 Å². The summed E-state index contributed by atoms with van der Waals surface area (Å²) in [4.78, 5) is 14.8. The third-order valence-corrected chi connectivity index (χ3v) is 11.4. The van der Waals surface area contributed by atoms with E-state index in [1.807, 2.05) is 24.4 Å². The van der Waals surface area contributed by atoms with Crippen LogP contribution in [-0.4, -0.2) is 15.0 Å². The van der Waals surface area contributed by atoms with Crippen molar-refractivity contribution in [2.45, 2.75) is 5.41 Å². The molecule has 0 unspecified atom stereocenters. The molecule has 55 heavy (non-hydrogen) atoms. The summed E-state index contributed by atoms with van der Waals surface area (Å²) >= 11 is 0. The Kier molecular flexibility index (Phi) is 7.08. The quantitative estimate of drug-likeness (QED) is 0.184. The van der Waals surface area contributed by atoms with Gasteiger partial charge in [0.15, 0.2) is 5.82 Å². The fraction of sp³-hybridized carbons (Fsp3) is 0.0192. The van der Waals surface area contributed by atoms with Crippen LogP contribution >= 0.6 is 0 Å². The summed E-state index contributed by atoms with van der Waals surface area (Å²) in [6.07, 6.45) is 3.62. The van der Waals surface area contributed by atoms with Crippen LogP contribution in [0.1, 0.15) is 22.3 Å². The van der Waals surface area contributed by atoms with E-state index in [9.17, 15) is 0 Å². The fourth-order valence-corrected chi connectivity index (χ4v) is 9.04. The lowest BCUT2D eigenvalue weighted by atomic mass is 9.66. The van der Waals surface area contributed by atoms with Gasteiger partial charge in [-0.15, -0.1) is 0 Å². The lowest BCUT2D eigenvalue weighted by molar-refractivity contribution is 0.775. The lowest BCUT2D eigenvalue weighted by Crippen LogP contribution is -2.29. The summed E-state index contributed by atoms with van der Waals surface area (Å²) in [6, 6.07) is 68.0. The van der Waals surface area contributed by atoms with Crippen LogP contribution in [0.5, 0.6) is 0 Å². The third-order valence-electron chi connectivity index (χ3n) is 11.4. The first-order valence-electron chi connectivity index (χ1n) is 18.8. The molecule has 11 rings (SSSR count). The molecule has 2 heterocycles. The largest absolute Gasteiger partial charge is 0.264 e. The van der Waals surface area contributed by atoms with Crippen LogP contribution in [-0.2, 0) is 5.41 Å². The van der Waals surface area contributed by atoms with Gasteiger partial charge in [-0.2, -0.15) is 0 Å². The molecule has 256 valence electrons. The summed E-state index contributed by atoms with van der Waals surface area (Å²) in [5.41, 5.74) is 19.2. The van der Waals surface area contributed by atoms with Crippen LogP contribution in [0.4, 0.5) is 0 Å². The zero-order valence-corrected chi connectivity index (χ0v) is 29.9. The highest BCUT2D eigenvalue weighted by Gasteiger charge is 2.49. The van der Waals surface area contributed by atoms with Gasteiger partial charge in [-0.25, -0.2) is 9.97 Å². The zero-order valence-electron chi connectivity index (χ0n) is 29.9. The Hall–Kier alpha value is -7.23. The maximum absolute atomic E-state index is 5.24. The molecule has 0 N–H and O–H groups in total. The van der Waals surface area contributed by atoms with Crippen LogP contribution in [0.3, 0.4) is 0 Å². The van der Waals surface area contributed by atoms with Crippen molar-refractivity contribution in [3.8, 4) is 78.4 Å². The van der Waals surface area contributed by atoms with E-state index in [1.165, 1.54) is 66.8 Å². The van der Waals surface area contributed by atoms with Crippen molar-refractivity contribution in [1.82, 2.24) is 15.0 Å². The van der Waals surface area contributed by atoms with Gasteiger partial charge in [0.05, 0.1) is 16.8 Å². The van der Waals surface area contributed by atoms with Gasteiger partial charge < -0.3 is 0 Å². The summed E-state index contributed by atoms with van der Waals surface area (Å²) in [5.74, 6) is 0.644. The van der Waals surface area contributed by atoms with Gasteiger partial charge in [0.2, 0.25) is 0 Å². The maximum atomic E-state index is 5.24. The van der Waals surface area contributed by atoms with Gasteiger partial charge in [-0.3, -0.25) is 4.98 Å². The first kappa shape index (κ1) is 31.3. The van der Waals surface area contributed by atoms with Crippen molar-refractivity contribution in [3.63, 3.8) is 0 Å². The normalized spacial score (nSPS) is 12.9. The Bertz CT molecular complexity index is 2870. The number of nitrogens with zero attached hydrogens (tertiary/aromatic N) is 3. The zero-order chi connectivity index (χ0) is 36.3. The van der Waals surface area contributed by atoms with Crippen molar-refractivity contribution in [3.05, 3.63) is 223 Å². The highest BCUT2D eigenvalue weighted by molar-refractivity contribution is 5.98. The van der Waals surface area contributed by atoms with Gasteiger partial charge in [0.25, 0.3) is 0 Å². The summed E-state index contributed by atoms with van der Waals surface area (Å²) in [6.45, 7) is 0. The van der Waals surface area contributed by atoms with Crippen LogP contribution in [0, 0.1) is 0 Å². The van der Waals surface area contributed by atoms with Gasteiger partial charge in [0.1, 0.15) is 0 Å².